The Labute approximate surface area is 104 Å². The summed E-state index contributed by atoms with van der Waals surface area (Å²) in [5.41, 5.74) is 2.16. The van der Waals surface area contributed by atoms with Gasteiger partial charge in [-0.05, 0) is 27.3 Å². The van der Waals surface area contributed by atoms with Gasteiger partial charge in [-0.15, -0.1) is 0 Å². The molecule has 96 valence electrons. The molecular formula is C13H23N3O. The molecule has 0 aliphatic carbocycles. The maximum absolute atomic E-state index is 5.42. The fourth-order valence-corrected chi connectivity index (χ4v) is 1.84. The molecule has 2 atom stereocenters. The van der Waals surface area contributed by atoms with E-state index >= 15 is 0 Å². The Bertz CT molecular complexity index is 355. The van der Waals surface area contributed by atoms with Crippen LogP contribution < -0.4 is 5.32 Å². The zero-order valence-corrected chi connectivity index (χ0v) is 11.4. The number of nitrogens with zero attached hydrogens (tertiary/aromatic N) is 2. The lowest BCUT2D eigenvalue weighted by Gasteiger charge is -2.17. The zero-order chi connectivity index (χ0) is 12.8. The quantitative estimate of drug-likeness (QED) is 0.826. The average molecular weight is 237 g/mol. The van der Waals surface area contributed by atoms with Crippen LogP contribution in [0.3, 0.4) is 0 Å². The maximum atomic E-state index is 5.42. The Balaban J connectivity index is 2.94. The van der Waals surface area contributed by atoms with Gasteiger partial charge in [-0.2, -0.15) is 0 Å². The fraction of sp³-hybridized carbons (Fsp3) is 0.692. The van der Waals surface area contributed by atoms with Crippen LogP contribution in [0.15, 0.2) is 6.20 Å². The van der Waals surface area contributed by atoms with E-state index in [2.05, 4.69) is 29.1 Å². The van der Waals surface area contributed by atoms with E-state index in [9.17, 15) is 0 Å². The van der Waals surface area contributed by atoms with Gasteiger partial charge >= 0.3 is 0 Å². The molecule has 0 saturated heterocycles. The zero-order valence-electron chi connectivity index (χ0n) is 11.4. The van der Waals surface area contributed by atoms with Gasteiger partial charge in [0.25, 0.3) is 0 Å². The molecule has 0 amide bonds. The lowest BCUT2D eigenvalue weighted by atomic mass is 10.1. The largest absolute Gasteiger partial charge is 0.373 e. The third-order valence-electron chi connectivity index (χ3n) is 3.06. The van der Waals surface area contributed by atoms with Crippen molar-refractivity contribution in [2.45, 2.75) is 45.8 Å². The minimum Gasteiger partial charge on any atom is -0.373 e. The summed E-state index contributed by atoms with van der Waals surface area (Å²) >= 11 is 0. The molecule has 1 heterocycles. The highest BCUT2D eigenvalue weighted by Gasteiger charge is 2.15. The summed E-state index contributed by atoms with van der Waals surface area (Å²) in [6.07, 6.45) is 3.94. The van der Waals surface area contributed by atoms with Crippen LogP contribution in [0.5, 0.6) is 0 Å². The third kappa shape index (κ3) is 3.48. The number of aryl methyl sites for hydroxylation is 1. The lowest BCUT2D eigenvalue weighted by molar-refractivity contribution is 0.0874. The van der Waals surface area contributed by atoms with E-state index in [4.69, 9.17) is 4.74 Å². The highest BCUT2D eigenvalue weighted by Crippen LogP contribution is 2.21. The van der Waals surface area contributed by atoms with Crippen molar-refractivity contribution in [3.8, 4) is 0 Å². The minimum atomic E-state index is 0.0117. The molecule has 1 N–H and O–H groups in total. The SMILES string of the molecule is CCCC(OC)c1ncc(C(C)NC)c(C)n1. The number of hydrogen-bond acceptors (Lipinski definition) is 4. The van der Waals surface area contributed by atoms with Crippen molar-refractivity contribution in [1.29, 1.82) is 0 Å². The second-order valence-electron chi connectivity index (χ2n) is 4.29. The molecule has 0 spiro atoms. The van der Waals surface area contributed by atoms with Crippen LogP contribution in [0.25, 0.3) is 0 Å². The Kier molecular flexibility index (Phi) is 5.51. The molecular weight excluding hydrogens is 214 g/mol. The van der Waals surface area contributed by atoms with Gasteiger partial charge < -0.3 is 10.1 Å². The molecule has 1 rings (SSSR count). The van der Waals surface area contributed by atoms with Crippen LogP contribution in [0.4, 0.5) is 0 Å². The predicted octanol–water partition coefficient (Wildman–Crippen LogP) is 2.55. The van der Waals surface area contributed by atoms with Crippen LogP contribution in [0.1, 0.15) is 55.9 Å². The number of aromatic nitrogens is 2. The molecule has 0 bridgehead atoms. The van der Waals surface area contributed by atoms with Gasteiger partial charge in [-0.25, -0.2) is 9.97 Å². The first-order valence-corrected chi connectivity index (χ1v) is 6.17. The topological polar surface area (TPSA) is 47.0 Å². The van der Waals surface area contributed by atoms with Crippen molar-refractivity contribution in [2.24, 2.45) is 0 Å². The number of rotatable bonds is 6. The summed E-state index contributed by atoms with van der Waals surface area (Å²) in [4.78, 5) is 8.98. The molecule has 0 aliphatic rings. The molecule has 0 saturated carbocycles. The van der Waals surface area contributed by atoms with Crippen molar-refractivity contribution >= 4 is 0 Å². The first-order valence-electron chi connectivity index (χ1n) is 6.17. The van der Waals surface area contributed by atoms with Crippen LogP contribution in [0, 0.1) is 6.92 Å². The molecule has 0 fully saturated rings. The van der Waals surface area contributed by atoms with Gasteiger partial charge in [0.05, 0.1) is 0 Å². The van der Waals surface area contributed by atoms with Gasteiger partial charge in [0.1, 0.15) is 6.10 Å². The summed E-state index contributed by atoms with van der Waals surface area (Å²) in [5.74, 6) is 0.791. The second-order valence-corrected chi connectivity index (χ2v) is 4.29. The Morgan fingerprint density at radius 1 is 1.47 bits per heavy atom. The van der Waals surface area contributed by atoms with Crippen LogP contribution in [0.2, 0.25) is 0 Å². The summed E-state index contributed by atoms with van der Waals surface area (Å²) in [7, 11) is 3.65. The Morgan fingerprint density at radius 2 is 2.18 bits per heavy atom. The maximum Gasteiger partial charge on any atom is 0.157 e. The highest BCUT2D eigenvalue weighted by atomic mass is 16.5. The van der Waals surface area contributed by atoms with E-state index in [0.29, 0.717) is 0 Å². The van der Waals surface area contributed by atoms with Gasteiger partial charge in [0.15, 0.2) is 5.82 Å². The van der Waals surface area contributed by atoms with Crippen molar-refractivity contribution in [2.75, 3.05) is 14.2 Å². The summed E-state index contributed by atoms with van der Waals surface area (Å²) in [5, 5.41) is 3.20. The number of nitrogens with one attached hydrogen (secondary N) is 1. The van der Waals surface area contributed by atoms with E-state index in [1.807, 2.05) is 20.2 Å². The first-order chi connectivity index (χ1) is 8.13. The summed E-state index contributed by atoms with van der Waals surface area (Å²) in [6, 6.07) is 0.274. The van der Waals surface area contributed by atoms with E-state index in [-0.39, 0.29) is 12.1 Å². The predicted molar refractivity (Wildman–Crippen MR) is 68.9 cm³/mol. The van der Waals surface area contributed by atoms with Gasteiger partial charge in [0.2, 0.25) is 0 Å². The highest BCUT2D eigenvalue weighted by molar-refractivity contribution is 5.20. The first kappa shape index (κ1) is 14.1. The normalized spacial score (nSPS) is 14.6. The standard InChI is InChI=1S/C13H23N3O/c1-6-7-12(17-5)13-15-8-11(9(2)14-4)10(3)16-13/h8-9,12,14H,6-7H2,1-5H3. The molecule has 0 aliphatic heterocycles. The van der Waals surface area contributed by atoms with E-state index in [0.717, 1.165) is 29.9 Å². The van der Waals surface area contributed by atoms with Gasteiger partial charge in [-0.3, -0.25) is 0 Å². The average Bonchev–Trinajstić information content (AvgIpc) is 2.35. The van der Waals surface area contributed by atoms with Crippen molar-refractivity contribution in [1.82, 2.24) is 15.3 Å². The molecule has 4 nitrogen and oxygen atoms in total. The molecule has 0 radical (unpaired) electrons. The van der Waals surface area contributed by atoms with Crippen molar-refractivity contribution in [3.63, 3.8) is 0 Å². The third-order valence-corrected chi connectivity index (χ3v) is 3.06. The second kappa shape index (κ2) is 6.67. The van der Waals surface area contributed by atoms with Crippen LogP contribution in [-0.2, 0) is 4.74 Å². The summed E-state index contributed by atoms with van der Waals surface area (Å²) in [6.45, 7) is 6.26. The Morgan fingerprint density at radius 3 is 2.65 bits per heavy atom. The number of ether oxygens (including phenoxy) is 1. The molecule has 1 aromatic rings. The summed E-state index contributed by atoms with van der Waals surface area (Å²) < 4.78 is 5.42. The van der Waals surface area contributed by atoms with E-state index in [1.54, 1.807) is 7.11 Å². The van der Waals surface area contributed by atoms with E-state index in [1.165, 1.54) is 0 Å². The van der Waals surface area contributed by atoms with Crippen molar-refractivity contribution < 1.29 is 4.74 Å². The van der Waals surface area contributed by atoms with Gasteiger partial charge in [0, 0.05) is 30.6 Å². The monoisotopic (exact) mass is 237 g/mol. The smallest absolute Gasteiger partial charge is 0.157 e. The number of hydrogen-bond donors (Lipinski definition) is 1. The van der Waals surface area contributed by atoms with Gasteiger partial charge in [-0.1, -0.05) is 13.3 Å². The lowest BCUT2D eigenvalue weighted by Crippen LogP contribution is -2.16. The molecule has 0 aromatic carbocycles. The van der Waals surface area contributed by atoms with Crippen molar-refractivity contribution in [3.05, 3.63) is 23.3 Å². The minimum absolute atomic E-state index is 0.0117. The Hall–Kier alpha value is -1.00. The molecule has 4 heteroatoms. The van der Waals surface area contributed by atoms with Crippen LogP contribution in [-0.4, -0.2) is 24.1 Å². The van der Waals surface area contributed by atoms with E-state index < -0.39 is 0 Å². The fourth-order valence-electron chi connectivity index (χ4n) is 1.84. The van der Waals surface area contributed by atoms with Crippen LogP contribution >= 0.6 is 0 Å². The number of methoxy groups -OCH3 is 1. The molecule has 1 aromatic heterocycles. The molecule has 2 unspecified atom stereocenters. The molecule has 17 heavy (non-hydrogen) atoms.